The fraction of sp³-hybridized carbons (Fsp3) is 0.429. The number of aromatic nitrogens is 5. The van der Waals surface area contributed by atoms with Crippen LogP contribution in [0.3, 0.4) is 0 Å². The van der Waals surface area contributed by atoms with Crippen molar-refractivity contribution in [3.63, 3.8) is 0 Å². The molecule has 4 aromatic rings. The summed E-state index contributed by atoms with van der Waals surface area (Å²) in [6, 6.07) is 8.64. The number of rotatable bonds is 3. The number of aromatic amines is 1. The maximum atomic E-state index is 6.17. The highest BCUT2D eigenvalue weighted by Gasteiger charge is 2.31. The van der Waals surface area contributed by atoms with Crippen LogP contribution in [0.15, 0.2) is 36.8 Å². The largest absolute Gasteiger partial charge is 0.491 e. The molecule has 0 atom stereocenters. The van der Waals surface area contributed by atoms with Crippen LogP contribution in [0.5, 0.6) is 5.75 Å². The molecule has 0 saturated heterocycles. The van der Waals surface area contributed by atoms with Crippen molar-refractivity contribution >= 4 is 17.0 Å². The van der Waals surface area contributed by atoms with E-state index in [0.29, 0.717) is 12.5 Å². The first-order valence-electron chi connectivity index (χ1n) is 12.7. The average Bonchev–Trinajstić information content (AvgIpc) is 3.65. The van der Waals surface area contributed by atoms with Crippen molar-refractivity contribution in [3.05, 3.63) is 59.4 Å². The van der Waals surface area contributed by atoms with Gasteiger partial charge in [0.05, 0.1) is 12.1 Å². The highest BCUT2D eigenvalue weighted by molar-refractivity contribution is 5.78. The van der Waals surface area contributed by atoms with Gasteiger partial charge in [0.1, 0.15) is 30.3 Å². The number of pyridine rings is 1. The molecule has 7 rings (SSSR count). The number of nitrogens with one attached hydrogen (secondary N) is 1. The highest BCUT2D eigenvalue weighted by atomic mass is 16.5. The summed E-state index contributed by atoms with van der Waals surface area (Å²) < 4.78 is 6.17. The Kier molecular flexibility index (Phi) is 4.63. The van der Waals surface area contributed by atoms with Crippen molar-refractivity contribution in [3.8, 4) is 16.9 Å². The number of H-pyrrole nitrogens is 1. The predicted octanol–water partition coefficient (Wildman–Crippen LogP) is 5.21. The van der Waals surface area contributed by atoms with Gasteiger partial charge in [0.2, 0.25) is 0 Å². The molecule has 0 amide bonds. The molecule has 35 heavy (non-hydrogen) atoms. The van der Waals surface area contributed by atoms with Crippen LogP contribution in [0.25, 0.3) is 22.3 Å². The molecule has 1 N–H and O–H groups in total. The Morgan fingerprint density at radius 3 is 2.89 bits per heavy atom. The van der Waals surface area contributed by atoms with Crippen molar-refractivity contribution in [1.29, 1.82) is 0 Å². The Morgan fingerprint density at radius 1 is 1.09 bits per heavy atom. The highest BCUT2D eigenvalue weighted by Crippen LogP contribution is 2.40. The summed E-state index contributed by atoms with van der Waals surface area (Å²) in [5.41, 5.74) is 7.99. The molecule has 0 radical (unpaired) electrons. The first-order chi connectivity index (χ1) is 17.0. The summed E-state index contributed by atoms with van der Waals surface area (Å²) in [6.45, 7) is 6.90. The Hall–Kier alpha value is -3.48. The topological polar surface area (TPSA) is 79.8 Å². The van der Waals surface area contributed by atoms with Crippen LogP contribution in [-0.2, 0) is 19.4 Å². The van der Waals surface area contributed by atoms with Crippen molar-refractivity contribution in [2.24, 2.45) is 5.41 Å². The number of hydrogen-bond donors (Lipinski definition) is 1. The van der Waals surface area contributed by atoms with E-state index in [2.05, 4.69) is 62.9 Å². The van der Waals surface area contributed by atoms with Crippen LogP contribution in [0.2, 0.25) is 0 Å². The Labute approximate surface area is 205 Å². The molecule has 7 heteroatoms. The van der Waals surface area contributed by atoms with Gasteiger partial charge < -0.3 is 14.6 Å². The van der Waals surface area contributed by atoms with Crippen molar-refractivity contribution in [1.82, 2.24) is 24.9 Å². The summed E-state index contributed by atoms with van der Waals surface area (Å²) in [5, 5.41) is 0. The number of ether oxygens (including phenoxy) is 1. The minimum atomic E-state index is 0.275. The lowest BCUT2D eigenvalue weighted by Crippen LogP contribution is -2.31. The molecule has 0 bridgehead atoms. The molecule has 3 aromatic heterocycles. The quantitative estimate of drug-likeness (QED) is 0.447. The number of hydrogen-bond acceptors (Lipinski definition) is 6. The molecule has 1 aromatic carbocycles. The standard InChI is InChI=1S/C28H30N6O/c1-28(2)8-7-22-21(13-28)27(31-16-30-22)34-9-10-35-24-6-5-18(11-20(24)15-34)19-12-23-26(29-14-19)33-25(32-23)17-3-4-17/h5-6,11-12,14,16-17H,3-4,7-10,13,15H2,1-2H3,(H,29,32,33). The first-order valence-corrected chi connectivity index (χ1v) is 12.7. The second-order valence-electron chi connectivity index (χ2n) is 11.0. The number of nitrogens with zero attached hydrogens (tertiary/aromatic N) is 5. The van der Waals surface area contributed by atoms with Gasteiger partial charge in [0.25, 0.3) is 0 Å². The van der Waals surface area contributed by atoms with E-state index >= 15 is 0 Å². The maximum absolute atomic E-state index is 6.17. The average molecular weight is 467 g/mol. The van der Waals surface area contributed by atoms with E-state index in [1.54, 1.807) is 6.33 Å². The molecule has 4 heterocycles. The van der Waals surface area contributed by atoms with Gasteiger partial charge in [0, 0.05) is 41.0 Å². The van der Waals surface area contributed by atoms with Gasteiger partial charge in [-0.3, -0.25) is 0 Å². The summed E-state index contributed by atoms with van der Waals surface area (Å²) in [4.78, 5) is 24.6. The predicted molar refractivity (Wildman–Crippen MR) is 136 cm³/mol. The van der Waals surface area contributed by atoms with Gasteiger partial charge in [-0.2, -0.15) is 0 Å². The lowest BCUT2D eigenvalue weighted by Gasteiger charge is -2.33. The third kappa shape index (κ3) is 3.83. The van der Waals surface area contributed by atoms with E-state index in [4.69, 9.17) is 9.72 Å². The Balaban J connectivity index is 1.22. The molecule has 178 valence electrons. The van der Waals surface area contributed by atoms with Crippen molar-refractivity contribution in [2.75, 3.05) is 18.1 Å². The summed E-state index contributed by atoms with van der Waals surface area (Å²) in [5.74, 6) is 3.68. The summed E-state index contributed by atoms with van der Waals surface area (Å²) in [6.07, 6.45) is 9.32. The Morgan fingerprint density at radius 2 is 2.00 bits per heavy atom. The van der Waals surface area contributed by atoms with E-state index in [1.807, 2.05) is 6.20 Å². The van der Waals surface area contributed by atoms with Gasteiger partial charge in [-0.25, -0.2) is 19.9 Å². The summed E-state index contributed by atoms with van der Waals surface area (Å²) >= 11 is 0. The lowest BCUT2D eigenvalue weighted by atomic mass is 9.76. The number of fused-ring (bicyclic) bond motifs is 3. The smallest absolute Gasteiger partial charge is 0.177 e. The maximum Gasteiger partial charge on any atom is 0.177 e. The van der Waals surface area contributed by atoms with Crippen LogP contribution < -0.4 is 9.64 Å². The van der Waals surface area contributed by atoms with E-state index in [-0.39, 0.29) is 5.41 Å². The van der Waals surface area contributed by atoms with Crippen LogP contribution in [-0.4, -0.2) is 38.1 Å². The molecule has 1 fully saturated rings. The van der Waals surface area contributed by atoms with Gasteiger partial charge >= 0.3 is 0 Å². The second-order valence-corrected chi connectivity index (χ2v) is 11.0. The molecule has 1 saturated carbocycles. The molecular weight excluding hydrogens is 436 g/mol. The fourth-order valence-electron chi connectivity index (χ4n) is 5.51. The van der Waals surface area contributed by atoms with Gasteiger partial charge in [0.15, 0.2) is 5.65 Å². The second kappa shape index (κ2) is 7.77. The van der Waals surface area contributed by atoms with Gasteiger partial charge in [-0.05, 0) is 61.3 Å². The zero-order valence-corrected chi connectivity index (χ0v) is 20.3. The fourth-order valence-corrected chi connectivity index (χ4v) is 5.51. The molecular formula is C28H30N6O. The number of benzene rings is 1. The van der Waals surface area contributed by atoms with Crippen molar-refractivity contribution in [2.45, 2.75) is 58.4 Å². The lowest BCUT2D eigenvalue weighted by molar-refractivity contribution is 0.310. The molecule has 7 nitrogen and oxygen atoms in total. The van der Waals surface area contributed by atoms with Crippen LogP contribution >= 0.6 is 0 Å². The van der Waals surface area contributed by atoms with E-state index in [1.165, 1.54) is 36.1 Å². The van der Waals surface area contributed by atoms with Gasteiger partial charge in [-0.1, -0.05) is 19.9 Å². The van der Waals surface area contributed by atoms with Crippen LogP contribution in [0, 0.1) is 5.41 Å². The van der Waals surface area contributed by atoms with E-state index in [9.17, 15) is 0 Å². The molecule has 2 aliphatic carbocycles. The van der Waals surface area contributed by atoms with Crippen molar-refractivity contribution < 1.29 is 4.74 Å². The zero-order valence-electron chi connectivity index (χ0n) is 20.3. The van der Waals surface area contributed by atoms with Crippen LogP contribution in [0.1, 0.15) is 61.7 Å². The third-order valence-corrected chi connectivity index (χ3v) is 7.70. The molecule has 0 spiro atoms. The number of aryl methyl sites for hydroxylation is 1. The Bertz CT molecular complexity index is 1440. The first kappa shape index (κ1) is 20.9. The summed E-state index contributed by atoms with van der Waals surface area (Å²) in [7, 11) is 0. The van der Waals surface area contributed by atoms with E-state index < -0.39 is 0 Å². The molecule has 3 aliphatic rings. The molecule has 0 unspecified atom stereocenters. The third-order valence-electron chi connectivity index (χ3n) is 7.70. The number of imidazole rings is 1. The number of anilines is 1. The monoisotopic (exact) mass is 466 g/mol. The minimum absolute atomic E-state index is 0.275. The molecule has 1 aliphatic heterocycles. The normalized spacial score (nSPS) is 19.1. The minimum Gasteiger partial charge on any atom is -0.491 e. The van der Waals surface area contributed by atoms with Crippen LogP contribution in [0.4, 0.5) is 5.82 Å². The van der Waals surface area contributed by atoms with E-state index in [0.717, 1.165) is 65.6 Å². The SMILES string of the molecule is CC1(C)CCc2ncnc(N3CCOc4ccc(-c5cnc6nc(C7CC7)[nH]c6c5)cc4C3)c2C1. The zero-order chi connectivity index (χ0) is 23.6. The van der Waals surface area contributed by atoms with Gasteiger partial charge in [-0.15, -0.1) is 0 Å².